The molecule has 4 aromatic rings. The van der Waals surface area contributed by atoms with Crippen LogP contribution < -0.4 is 4.74 Å². The Kier molecular flexibility index (Phi) is 5.13. The van der Waals surface area contributed by atoms with Gasteiger partial charge in [-0.05, 0) is 34.9 Å². The molecule has 0 aliphatic carbocycles. The van der Waals surface area contributed by atoms with Crippen LogP contribution in [0, 0.1) is 6.92 Å². The largest absolute Gasteiger partial charge is 0.467 e. The average Bonchev–Trinajstić information content (AvgIpc) is 3.18. The van der Waals surface area contributed by atoms with E-state index < -0.39 is 0 Å². The molecular weight excluding hydrogens is 392 g/mol. The number of thiazole rings is 1. The summed E-state index contributed by atoms with van der Waals surface area (Å²) in [6.45, 7) is 3.54. The van der Waals surface area contributed by atoms with Crippen LogP contribution in [-0.4, -0.2) is 35.0 Å². The van der Waals surface area contributed by atoms with Crippen LogP contribution in [0.4, 0.5) is 0 Å². The van der Waals surface area contributed by atoms with Crippen molar-refractivity contribution in [1.29, 1.82) is 0 Å². The second-order valence-corrected chi connectivity index (χ2v) is 8.91. The molecule has 5 heteroatoms. The number of nitrogens with zero attached hydrogens (tertiary/aromatic N) is 2. The van der Waals surface area contributed by atoms with Crippen molar-refractivity contribution in [3.8, 4) is 5.19 Å². The molecule has 1 fully saturated rings. The van der Waals surface area contributed by atoms with Gasteiger partial charge in [-0.3, -0.25) is 4.79 Å². The Morgan fingerprint density at radius 1 is 1.07 bits per heavy atom. The molecule has 5 rings (SSSR count). The molecule has 0 radical (unpaired) electrons. The van der Waals surface area contributed by atoms with E-state index >= 15 is 0 Å². The fourth-order valence-corrected chi connectivity index (χ4v) is 5.16. The molecule has 0 N–H and O–H groups in total. The van der Waals surface area contributed by atoms with Crippen LogP contribution in [0.15, 0.2) is 60.7 Å². The van der Waals surface area contributed by atoms with Crippen molar-refractivity contribution >= 4 is 38.2 Å². The minimum absolute atomic E-state index is 0.118. The van der Waals surface area contributed by atoms with Crippen LogP contribution in [-0.2, 0) is 11.2 Å². The van der Waals surface area contributed by atoms with Crippen molar-refractivity contribution in [3.63, 3.8) is 0 Å². The maximum atomic E-state index is 12.9. The third-order valence-corrected chi connectivity index (χ3v) is 6.80. The number of para-hydroxylation sites is 1. The lowest BCUT2D eigenvalue weighted by Gasteiger charge is -2.31. The van der Waals surface area contributed by atoms with E-state index in [0.29, 0.717) is 6.42 Å². The van der Waals surface area contributed by atoms with E-state index in [-0.39, 0.29) is 12.0 Å². The van der Waals surface area contributed by atoms with Crippen molar-refractivity contribution in [3.05, 3.63) is 71.8 Å². The first-order chi connectivity index (χ1) is 14.7. The van der Waals surface area contributed by atoms with Gasteiger partial charge in [0.05, 0.1) is 16.6 Å². The molecule has 1 aliphatic rings. The molecule has 2 heterocycles. The number of aromatic nitrogens is 1. The van der Waals surface area contributed by atoms with Gasteiger partial charge in [-0.1, -0.05) is 65.9 Å². The summed E-state index contributed by atoms with van der Waals surface area (Å²) in [6.07, 6.45) is 2.25. The monoisotopic (exact) mass is 416 g/mol. The van der Waals surface area contributed by atoms with E-state index in [9.17, 15) is 4.79 Å². The summed E-state index contributed by atoms with van der Waals surface area (Å²) < 4.78 is 7.33. The van der Waals surface area contributed by atoms with E-state index in [4.69, 9.17) is 4.74 Å². The number of amides is 1. The number of hydrogen-bond donors (Lipinski definition) is 0. The normalized spacial score (nSPS) is 15.0. The van der Waals surface area contributed by atoms with Crippen molar-refractivity contribution in [1.82, 2.24) is 9.88 Å². The van der Waals surface area contributed by atoms with Crippen molar-refractivity contribution in [2.45, 2.75) is 32.3 Å². The molecule has 1 aliphatic heterocycles. The molecule has 152 valence electrons. The molecule has 1 aromatic heterocycles. The summed E-state index contributed by atoms with van der Waals surface area (Å²) in [5.74, 6) is 0.195. The van der Waals surface area contributed by atoms with Gasteiger partial charge in [-0.25, -0.2) is 4.98 Å². The van der Waals surface area contributed by atoms with Gasteiger partial charge in [-0.15, -0.1) is 0 Å². The van der Waals surface area contributed by atoms with Crippen LogP contribution in [0.1, 0.15) is 24.0 Å². The van der Waals surface area contributed by atoms with Crippen LogP contribution >= 0.6 is 11.3 Å². The molecule has 30 heavy (non-hydrogen) atoms. The highest BCUT2D eigenvalue weighted by atomic mass is 32.1. The number of benzene rings is 3. The number of rotatable bonds is 4. The third-order valence-electron chi connectivity index (χ3n) is 5.88. The summed E-state index contributed by atoms with van der Waals surface area (Å²) in [5, 5.41) is 3.08. The van der Waals surface area contributed by atoms with Crippen molar-refractivity contribution in [2.24, 2.45) is 0 Å². The molecule has 1 amide bonds. The van der Waals surface area contributed by atoms with E-state index in [1.54, 1.807) is 11.3 Å². The van der Waals surface area contributed by atoms with Gasteiger partial charge in [0.15, 0.2) is 0 Å². The van der Waals surface area contributed by atoms with Gasteiger partial charge in [-0.2, -0.15) is 0 Å². The lowest BCUT2D eigenvalue weighted by Crippen LogP contribution is -2.42. The summed E-state index contributed by atoms with van der Waals surface area (Å²) in [7, 11) is 0. The third kappa shape index (κ3) is 3.77. The number of piperidine rings is 1. The van der Waals surface area contributed by atoms with Crippen LogP contribution in [0.25, 0.3) is 21.0 Å². The second-order valence-electron chi connectivity index (χ2n) is 7.91. The summed E-state index contributed by atoms with van der Waals surface area (Å²) in [6, 6.07) is 20.7. The van der Waals surface area contributed by atoms with Crippen LogP contribution in [0.2, 0.25) is 0 Å². The molecule has 1 saturated heterocycles. The number of fused-ring (bicyclic) bond motifs is 2. The van der Waals surface area contributed by atoms with Crippen LogP contribution in [0.5, 0.6) is 5.19 Å². The highest BCUT2D eigenvalue weighted by molar-refractivity contribution is 7.20. The highest BCUT2D eigenvalue weighted by Crippen LogP contribution is 2.31. The van der Waals surface area contributed by atoms with Gasteiger partial charge in [0.25, 0.3) is 5.19 Å². The Hall–Kier alpha value is -2.92. The topological polar surface area (TPSA) is 42.4 Å². The Labute approximate surface area is 180 Å². The molecule has 0 unspecified atom stereocenters. The van der Waals surface area contributed by atoms with Gasteiger partial charge in [0.1, 0.15) is 6.10 Å². The van der Waals surface area contributed by atoms with Gasteiger partial charge < -0.3 is 9.64 Å². The van der Waals surface area contributed by atoms with Gasteiger partial charge in [0, 0.05) is 25.9 Å². The van der Waals surface area contributed by atoms with Gasteiger partial charge >= 0.3 is 0 Å². The summed E-state index contributed by atoms with van der Waals surface area (Å²) in [5.41, 5.74) is 3.30. The van der Waals surface area contributed by atoms with E-state index in [1.165, 1.54) is 10.9 Å². The molecule has 0 saturated carbocycles. The smallest absolute Gasteiger partial charge is 0.274 e. The minimum Gasteiger partial charge on any atom is -0.467 e. The highest BCUT2D eigenvalue weighted by Gasteiger charge is 2.25. The summed E-state index contributed by atoms with van der Waals surface area (Å²) >= 11 is 1.60. The van der Waals surface area contributed by atoms with Gasteiger partial charge in [0.2, 0.25) is 5.91 Å². The second kappa shape index (κ2) is 8.07. The van der Waals surface area contributed by atoms with Crippen molar-refractivity contribution in [2.75, 3.05) is 13.1 Å². The molecular formula is C25H24N2O2S. The summed E-state index contributed by atoms with van der Waals surface area (Å²) in [4.78, 5) is 19.5. The number of aryl methyl sites for hydroxylation is 1. The minimum atomic E-state index is 0.118. The number of hydrogen-bond acceptors (Lipinski definition) is 4. The Bertz CT molecular complexity index is 1200. The number of carbonyl (C=O) groups is 1. The predicted octanol–water partition coefficient (Wildman–Crippen LogP) is 5.37. The fraction of sp³-hybridized carbons (Fsp3) is 0.280. The van der Waals surface area contributed by atoms with E-state index in [2.05, 4.69) is 54.4 Å². The Balaban J connectivity index is 1.21. The standard InChI is InChI=1S/C25H24N2O2S/c1-17-6-4-11-22-24(17)26-25(30-22)29-20-12-14-27(15-13-20)23(28)16-19-9-5-8-18-7-2-3-10-21(18)19/h2-11,20H,12-16H2,1H3. The quantitative estimate of drug-likeness (QED) is 0.449. The molecule has 0 bridgehead atoms. The number of carbonyl (C=O) groups excluding carboxylic acids is 1. The first-order valence-corrected chi connectivity index (χ1v) is 11.3. The number of likely N-dealkylation sites (tertiary alicyclic amines) is 1. The molecule has 3 aromatic carbocycles. The molecule has 0 spiro atoms. The predicted molar refractivity (Wildman–Crippen MR) is 122 cm³/mol. The zero-order valence-corrected chi connectivity index (χ0v) is 17.8. The first kappa shape index (κ1) is 19.1. The van der Waals surface area contributed by atoms with E-state index in [1.807, 2.05) is 23.1 Å². The first-order valence-electron chi connectivity index (χ1n) is 10.4. The average molecular weight is 417 g/mol. The Morgan fingerprint density at radius 3 is 2.67 bits per heavy atom. The number of ether oxygens (including phenoxy) is 1. The fourth-order valence-electron chi connectivity index (χ4n) is 4.20. The zero-order chi connectivity index (χ0) is 20.5. The lowest BCUT2D eigenvalue weighted by molar-refractivity contribution is -0.132. The molecule has 0 atom stereocenters. The maximum absolute atomic E-state index is 12.9. The zero-order valence-electron chi connectivity index (χ0n) is 17.0. The maximum Gasteiger partial charge on any atom is 0.274 e. The van der Waals surface area contributed by atoms with Crippen molar-refractivity contribution < 1.29 is 9.53 Å². The Morgan fingerprint density at radius 2 is 1.83 bits per heavy atom. The van der Waals surface area contributed by atoms with E-state index in [0.717, 1.165) is 52.3 Å². The lowest BCUT2D eigenvalue weighted by atomic mass is 10.0. The molecule has 4 nitrogen and oxygen atoms in total. The SMILES string of the molecule is Cc1cccc2sc(OC3CCN(C(=O)Cc4cccc5ccccc45)CC3)nc12. The van der Waals surface area contributed by atoms with Crippen LogP contribution in [0.3, 0.4) is 0 Å².